The maximum atomic E-state index is 16.3. The predicted octanol–water partition coefficient (Wildman–Crippen LogP) is 3.09. The molecule has 182 valence electrons. The molecule has 0 amide bonds. The third kappa shape index (κ3) is 3.85. The highest BCUT2D eigenvalue weighted by Gasteiger charge is 2.41. The summed E-state index contributed by atoms with van der Waals surface area (Å²) in [6, 6.07) is 7.91. The summed E-state index contributed by atoms with van der Waals surface area (Å²) in [7, 11) is 3.30. The number of nitrogens with zero attached hydrogens (tertiary/aromatic N) is 4. The molecule has 0 bridgehead atoms. The van der Waals surface area contributed by atoms with Gasteiger partial charge in [0.2, 0.25) is 5.43 Å². The highest BCUT2D eigenvalue weighted by atomic mass is 19.1. The number of carboxylic acids is 1. The Labute approximate surface area is 201 Å². The van der Waals surface area contributed by atoms with E-state index in [1.54, 1.807) is 24.8 Å². The van der Waals surface area contributed by atoms with Gasteiger partial charge in [0.05, 0.1) is 29.9 Å². The quantitative estimate of drug-likeness (QED) is 0.577. The summed E-state index contributed by atoms with van der Waals surface area (Å²) in [5, 5.41) is 9.70. The van der Waals surface area contributed by atoms with Crippen LogP contribution in [0.4, 0.5) is 10.1 Å². The van der Waals surface area contributed by atoms with Crippen LogP contribution < -0.4 is 15.1 Å². The second-order valence-corrected chi connectivity index (χ2v) is 9.19. The highest BCUT2D eigenvalue weighted by Crippen LogP contribution is 2.36. The number of carboxylic acid groups (broad SMARTS) is 1. The first-order valence-corrected chi connectivity index (χ1v) is 11.5. The zero-order chi connectivity index (χ0) is 24.9. The average molecular weight is 479 g/mol. The smallest absolute Gasteiger partial charge is 0.341 e. The van der Waals surface area contributed by atoms with E-state index >= 15 is 4.39 Å². The Morgan fingerprint density at radius 2 is 2.11 bits per heavy atom. The molecule has 1 fully saturated rings. The van der Waals surface area contributed by atoms with Crippen molar-refractivity contribution >= 4 is 28.6 Å². The minimum absolute atomic E-state index is 0.0128. The lowest BCUT2D eigenvalue weighted by atomic mass is 9.91. The van der Waals surface area contributed by atoms with E-state index < -0.39 is 17.2 Å². The fourth-order valence-corrected chi connectivity index (χ4v) is 5.18. The number of alkyl halides is 1. The molecule has 1 aliphatic carbocycles. The summed E-state index contributed by atoms with van der Waals surface area (Å²) < 4.78 is 23.2. The number of fused-ring (bicyclic) bond motifs is 3. The summed E-state index contributed by atoms with van der Waals surface area (Å²) in [4.78, 5) is 33.0. The monoisotopic (exact) mass is 478 g/mol. The lowest BCUT2D eigenvalue weighted by molar-refractivity contribution is -0.00421. The SMILES string of the molecule is COc1cccc(N2CCN(C3(F)C=Cc4c(ncc5c4c(=O)c(C(=O)O)cn5C)C3)CC2C)c1. The number of pyridine rings is 2. The maximum Gasteiger partial charge on any atom is 0.341 e. The van der Waals surface area contributed by atoms with E-state index in [0.29, 0.717) is 36.4 Å². The van der Waals surface area contributed by atoms with Crippen LogP contribution in [0.5, 0.6) is 5.75 Å². The normalized spacial score (nSPS) is 22.3. The minimum Gasteiger partial charge on any atom is -0.497 e. The molecule has 5 rings (SSSR count). The molecule has 35 heavy (non-hydrogen) atoms. The zero-order valence-electron chi connectivity index (χ0n) is 19.9. The molecule has 9 heteroatoms. The minimum atomic E-state index is -1.75. The molecule has 1 aliphatic heterocycles. The zero-order valence-corrected chi connectivity index (χ0v) is 19.9. The molecular weight excluding hydrogens is 451 g/mol. The molecule has 1 N–H and O–H groups in total. The Hall–Kier alpha value is -3.72. The van der Waals surface area contributed by atoms with Gasteiger partial charge in [0, 0.05) is 62.7 Å². The number of hydrogen-bond acceptors (Lipinski definition) is 6. The van der Waals surface area contributed by atoms with Gasteiger partial charge < -0.3 is 19.3 Å². The number of piperazine rings is 1. The Morgan fingerprint density at radius 3 is 2.83 bits per heavy atom. The first kappa shape index (κ1) is 23.0. The summed E-state index contributed by atoms with van der Waals surface area (Å²) in [5.74, 6) is -2.26. The van der Waals surface area contributed by atoms with Crippen molar-refractivity contribution in [3.05, 3.63) is 69.8 Å². The Kier molecular flexibility index (Phi) is 5.59. The molecule has 0 saturated carbocycles. The van der Waals surface area contributed by atoms with E-state index in [2.05, 4.69) is 16.8 Å². The van der Waals surface area contributed by atoms with E-state index in [-0.39, 0.29) is 23.4 Å². The van der Waals surface area contributed by atoms with Crippen LogP contribution in [0.15, 0.2) is 47.5 Å². The molecule has 3 aromatic rings. The first-order valence-electron chi connectivity index (χ1n) is 11.5. The van der Waals surface area contributed by atoms with Crippen molar-refractivity contribution in [2.24, 2.45) is 7.05 Å². The molecule has 1 aromatic carbocycles. The van der Waals surface area contributed by atoms with E-state index in [4.69, 9.17) is 4.74 Å². The van der Waals surface area contributed by atoms with Crippen molar-refractivity contribution in [3.63, 3.8) is 0 Å². The standard InChI is InChI=1S/C26H27FN4O4/c1-16-14-30(9-10-31(16)17-5-4-6-18(11-17)35-3)26(27)8-7-19-21(12-26)28-13-22-23(19)24(32)20(25(33)34)15-29(22)2/h4-8,11,13,15-16H,9-10,12,14H2,1-3H3,(H,33,34). The molecule has 2 aromatic heterocycles. The number of benzene rings is 1. The maximum absolute atomic E-state index is 16.3. The van der Waals surface area contributed by atoms with Gasteiger partial charge in [-0.2, -0.15) is 0 Å². The van der Waals surface area contributed by atoms with Gasteiger partial charge in [0.1, 0.15) is 11.3 Å². The molecule has 0 spiro atoms. The number of ether oxygens (including phenoxy) is 1. The lowest BCUT2D eigenvalue weighted by Gasteiger charge is -2.46. The van der Waals surface area contributed by atoms with Crippen LogP contribution in [-0.4, -0.2) is 64.1 Å². The number of carbonyl (C=O) groups is 1. The van der Waals surface area contributed by atoms with Gasteiger partial charge in [-0.05, 0) is 25.1 Å². The highest BCUT2D eigenvalue weighted by molar-refractivity contribution is 5.96. The Morgan fingerprint density at radius 1 is 1.31 bits per heavy atom. The van der Waals surface area contributed by atoms with E-state index in [1.165, 1.54) is 18.5 Å². The van der Waals surface area contributed by atoms with Crippen LogP contribution in [0.3, 0.4) is 0 Å². The summed E-state index contributed by atoms with van der Waals surface area (Å²) in [5.41, 5.74) is 1.58. The summed E-state index contributed by atoms with van der Waals surface area (Å²) in [6.45, 7) is 3.73. The molecule has 2 aliphatic rings. The molecule has 8 nitrogen and oxygen atoms in total. The Balaban J connectivity index is 1.44. The van der Waals surface area contributed by atoms with Gasteiger partial charge in [-0.1, -0.05) is 12.1 Å². The number of halogens is 1. The second-order valence-electron chi connectivity index (χ2n) is 9.19. The van der Waals surface area contributed by atoms with Crippen LogP contribution in [0, 0.1) is 0 Å². The van der Waals surface area contributed by atoms with Crippen molar-refractivity contribution in [1.29, 1.82) is 0 Å². The number of methoxy groups -OCH3 is 1. The van der Waals surface area contributed by atoms with Gasteiger partial charge in [-0.3, -0.25) is 14.7 Å². The van der Waals surface area contributed by atoms with Crippen molar-refractivity contribution in [1.82, 2.24) is 14.5 Å². The predicted molar refractivity (Wildman–Crippen MR) is 132 cm³/mol. The molecular formula is C26H27FN4O4. The molecule has 2 atom stereocenters. The summed E-state index contributed by atoms with van der Waals surface area (Å²) in [6.07, 6.45) is 5.86. The van der Waals surface area contributed by atoms with Crippen LogP contribution in [0.1, 0.15) is 28.5 Å². The third-order valence-electron chi connectivity index (χ3n) is 7.04. The van der Waals surface area contributed by atoms with E-state index in [9.17, 15) is 14.7 Å². The topological polar surface area (TPSA) is 87.9 Å². The second kappa shape index (κ2) is 8.49. The summed E-state index contributed by atoms with van der Waals surface area (Å²) >= 11 is 0. The van der Waals surface area contributed by atoms with Gasteiger partial charge in [-0.15, -0.1) is 0 Å². The fraction of sp³-hybridized carbons (Fsp3) is 0.346. The lowest BCUT2D eigenvalue weighted by Crippen LogP contribution is -2.59. The van der Waals surface area contributed by atoms with Crippen molar-refractivity contribution < 1.29 is 19.0 Å². The fourth-order valence-electron chi connectivity index (χ4n) is 5.18. The average Bonchev–Trinajstić information content (AvgIpc) is 2.85. The van der Waals surface area contributed by atoms with E-state index in [1.807, 2.05) is 29.2 Å². The number of aromatic carboxylic acids is 1. The van der Waals surface area contributed by atoms with Gasteiger partial charge in [0.15, 0.2) is 5.79 Å². The molecule has 0 radical (unpaired) electrons. The number of aromatic nitrogens is 2. The number of anilines is 1. The Bertz CT molecular complexity index is 1420. The van der Waals surface area contributed by atoms with Crippen LogP contribution in [-0.2, 0) is 13.5 Å². The van der Waals surface area contributed by atoms with Crippen LogP contribution >= 0.6 is 0 Å². The van der Waals surface area contributed by atoms with Gasteiger partial charge in [-0.25, -0.2) is 9.18 Å². The van der Waals surface area contributed by atoms with Crippen molar-refractivity contribution in [3.8, 4) is 5.75 Å². The van der Waals surface area contributed by atoms with E-state index in [0.717, 1.165) is 11.4 Å². The number of rotatable bonds is 4. The molecule has 1 saturated heterocycles. The largest absolute Gasteiger partial charge is 0.497 e. The van der Waals surface area contributed by atoms with Gasteiger partial charge in [0.25, 0.3) is 0 Å². The van der Waals surface area contributed by atoms with Crippen molar-refractivity contribution in [2.45, 2.75) is 25.2 Å². The third-order valence-corrected chi connectivity index (χ3v) is 7.04. The number of aryl methyl sites for hydroxylation is 1. The number of hydrogen-bond donors (Lipinski definition) is 1. The van der Waals surface area contributed by atoms with Crippen LogP contribution in [0.25, 0.3) is 17.0 Å². The van der Waals surface area contributed by atoms with Crippen molar-refractivity contribution in [2.75, 3.05) is 31.6 Å². The van der Waals surface area contributed by atoms with Crippen LogP contribution in [0.2, 0.25) is 0 Å². The van der Waals surface area contributed by atoms with Gasteiger partial charge >= 0.3 is 5.97 Å². The molecule has 3 heterocycles. The molecule has 2 unspecified atom stereocenters. The first-order chi connectivity index (χ1) is 16.7.